The molecule has 0 spiro atoms. The summed E-state index contributed by atoms with van der Waals surface area (Å²) in [5.74, 6) is 1.12. The van der Waals surface area contributed by atoms with Gasteiger partial charge in [-0.15, -0.1) is 0 Å². The third kappa shape index (κ3) is 2.34. The van der Waals surface area contributed by atoms with E-state index in [1.54, 1.807) is 13.4 Å². The van der Waals surface area contributed by atoms with E-state index in [-0.39, 0.29) is 6.23 Å². The lowest BCUT2D eigenvalue weighted by Crippen LogP contribution is -2.36. The van der Waals surface area contributed by atoms with Crippen molar-refractivity contribution in [3.8, 4) is 0 Å². The number of nitrogens with two attached hydrogens (primary N) is 2. The van der Waals surface area contributed by atoms with E-state index >= 15 is 0 Å². The number of imidazole rings is 1. The third-order valence-electron chi connectivity index (χ3n) is 4.06. The van der Waals surface area contributed by atoms with E-state index in [0.29, 0.717) is 17.4 Å². The quantitative estimate of drug-likeness (QED) is 0.846. The van der Waals surface area contributed by atoms with Gasteiger partial charge in [-0.25, -0.2) is 15.0 Å². The Morgan fingerprint density at radius 3 is 2.90 bits per heavy atom. The van der Waals surface area contributed by atoms with Crippen LogP contribution in [0.1, 0.15) is 31.9 Å². The monoisotopic (exact) mass is 276 g/mol. The van der Waals surface area contributed by atoms with E-state index in [0.717, 1.165) is 37.2 Å². The van der Waals surface area contributed by atoms with Gasteiger partial charge in [-0.1, -0.05) is 0 Å². The Labute approximate surface area is 117 Å². The Kier molecular flexibility index (Phi) is 3.54. The predicted octanol–water partition coefficient (Wildman–Crippen LogP) is 1.07. The molecule has 0 aliphatic heterocycles. The van der Waals surface area contributed by atoms with E-state index in [2.05, 4.69) is 15.0 Å². The molecule has 1 atom stereocenters. The van der Waals surface area contributed by atoms with Crippen LogP contribution in [0, 0.1) is 5.92 Å². The van der Waals surface area contributed by atoms with Crippen molar-refractivity contribution in [3.05, 3.63) is 12.7 Å². The molecular weight excluding hydrogens is 256 g/mol. The Hall–Kier alpha value is -1.73. The number of ether oxygens (including phenoxy) is 1. The zero-order valence-corrected chi connectivity index (χ0v) is 11.6. The van der Waals surface area contributed by atoms with Gasteiger partial charge in [0.2, 0.25) is 0 Å². The maximum absolute atomic E-state index is 5.82. The van der Waals surface area contributed by atoms with E-state index in [9.17, 15) is 0 Å². The molecule has 7 heteroatoms. The first-order valence-electron chi connectivity index (χ1n) is 6.90. The van der Waals surface area contributed by atoms with Crippen molar-refractivity contribution in [2.45, 2.75) is 38.0 Å². The lowest BCUT2D eigenvalue weighted by atomic mass is 9.78. The van der Waals surface area contributed by atoms with E-state index < -0.39 is 0 Å². The van der Waals surface area contributed by atoms with Crippen LogP contribution in [0.15, 0.2) is 12.7 Å². The van der Waals surface area contributed by atoms with Crippen LogP contribution in [0.5, 0.6) is 0 Å². The second-order valence-corrected chi connectivity index (χ2v) is 5.45. The fourth-order valence-corrected chi connectivity index (χ4v) is 2.85. The lowest BCUT2D eigenvalue weighted by molar-refractivity contribution is 0.0297. The summed E-state index contributed by atoms with van der Waals surface area (Å²) in [6.07, 6.45) is 7.36. The summed E-state index contributed by atoms with van der Waals surface area (Å²) < 4.78 is 7.50. The van der Waals surface area contributed by atoms with Gasteiger partial charge in [0.05, 0.1) is 6.33 Å². The molecule has 3 rings (SSSR count). The average molecular weight is 276 g/mol. The van der Waals surface area contributed by atoms with Crippen LogP contribution >= 0.6 is 0 Å². The number of nitrogen functional groups attached to an aromatic ring is 1. The van der Waals surface area contributed by atoms with E-state index in [1.807, 2.05) is 4.57 Å². The summed E-state index contributed by atoms with van der Waals surface area (Å²) in [4.78, 5) is 12.5. The molecule has 1 aliphatic rings. The van der Waals surface area contributed by atoms with Gasteiger partial charge < -0.3 is 16.2 Å². The molecule has 2 aromatic rings. The number of hydrogen-bond donors (Lipinski definition) is 2. The average Bonchev–Trinajstić information content (AvgIpc) is 2.83. The zero-order chi connectivity index (χ0) is 14.1. The third-order valence-corrected chi connectivity index (χ3v) is 4.06. The molecule has 0 aromatic carbocycles. The number of aromatic nitrogens is 4. The predicted molar refractivity (Wildman–Crippen MR) is 75.7 cm³/mol. The SMILES string of the molecule is COC(CCC1CC(N)C1)n1cnc2c(N)ncnc21. The van der Waals surface area contributed by atoms with Crippen molar-refractivity contribution in [2.24, 2.45) is 11.7 Å². The Bertz CT molecular complexity index is 592. The first-order chi connectivity index (χ1) is 9.69. The minimum absolute atomic E-state index is 0.0777. The molecule has 1 aliphatic carbocycles. The standard InChI is InChI=1S/C13H20N6O/c1-20-10(3-2-8-4-9(14)5-8)19-7-18-11-12(15)16-6-17-13(11)19/h6-10H,2-5,14H2,1H3,(H2,15,16,17). The van der Waals surface area contributed by atoms with Gasteiger partial charge >= 0.3 is 0 Å². The Balaban J connectivity index is 1.75. The van der Waals surface area contributed by atoms with Gasteiger partial charge in [-0.2, -0.15) is 0 Å². The fraction of sp³-hybridized carbons (Fsp3) is 0.615. The lowest BCUT2D eigenvalue weighted by Gasteiger charge is -2.33. The molecule has 0 amide bonds. The van der Waals surface area contributed by atoms with E-state index in [4.69, 9.17) is 16.2 Å². The fourth-order valence-electron chi connectivity index (χ4n) is 2.85. The van der Waals surface area contributed by atoms with Gasteiger partial charge in [0.15, 0.2) is 11.5 Å². The van der Waals surface area contributed by atoms with E-state index in [1.165, 1.54) is 6.33 Å². The van der Waals surface area contributed by atoms with Crippen LogP contribution in [0.4, 0.5) is 5.82 Å². The van der Waals surface area contributed by atoms with Crippen LogP contribution in [0.25, 0.3) is 11.2 Å². The molecule has 0 bridgehead atoms. The topological polar surface area (TPSA) is 105 Å². The molecule has 1 fully saturated rings. The van der Waals surface area contributed by atoms with Crippen molar-refractivity contribution >= 4 is 17.0 Å². The normalized spacial score (nSPS) is 23.7. The highest BCUT2D eigenvalue weighted by Gasteiger charge is 2.27. The maximum Gasteiger partial charge on any atom is 0.167 e. The molecule has 0 radical (unpaired) electrons. The molecule has 2 heterocycles. The Morgan fingerprint density at radius 2 is 2.20 bits per heavy atom. The van der Waals surface area contributed by atoms with Gasteiger partial charge in [0.25, 0.3) is 0 Å². The highest BCUT2D eigenvalue weighted by Crippen LogP contribution is 2.32. The van der Waals surface area contributed by atoms with Crippen LogP contribution in [-0.4, -0.2) is 32.7 Å². The second kappa shape index (κ2) is 5.34. The number of nitrogens with zero attached hydrogens (tertiary/aromatic N) is 4. The minimum Gasteiger partial charge on any atom is -0.382 e. The summed E-state index contributed by atoms with van der Waals surface area (Å²) in [6, 6.07) is 0.391. The molecule has 0 saturated heterocycles. The summed E-state index contributed by atoms with van der Waals surface area (Å²) in [5.41, 5.74) is 13.0. The summed E-state index contributed by atoms with van der Waals surface area (Å²) in [7, 11) is 1.70. The molecule has 108 valence electrons. The highest BCUT2D eigenvalue weighted by atomic mass is 16.5. The summed E-state index contributed by atoms with van der Waals surface area (Å²) in [6.45, 7) is 0. The molecule has 4 N–H and O–H groups in total. The first kappa shape index (κ1) is 13.3. The van der Waals surface area contributed by atoms with Gasteiger partial charge in [-0.05, 0) is 31.6 Å². The van der Waals surface area contributed by atoms with Gasteiger partial charge in [0, 0.05) is 13.2 Å². The van der Waals surface area contributed by atoms with Crippen LogP contribution < -0.4 is 11.5 Å². The Morgan fingerprint density at radius 1 is 1.40 bits per heavy atom. The summed E-state index contributed by atoms with van der Waals surface area (Å²) in [5, 5.41) is 0. The number of fused-ring (bicyclic) bond motifs is 1. The molecular formula is C13H20N6O. The van der Waals surface area contributed by atoms with Gasteiger partial charge in [-0.3, -0.25) is 4.57 Å². The number of hydrogen-bond acceptors (Lipinski definition) is 6. The molecule has 7 nitrogen and oxygen atoms in total. The van der Waals surface area contributed by atoms with Crippen LogP contribution in [-0.2, 0) is 4.74 Å². The second-order valence-electron chi connectivity index (χ2n) is 5.45. The van der Waals surface area contributed by atoms with Crippen molar-refractivity contribution < 1.29 is 4.74 Å². The van der Waals surface area contributed by atoms with Crippen LogP contribution in [0.3, 0.4) is 0 Å². The van der Waals surface area contributed by atoms with Gasteiger partial charge in [0.1, 0.15) is 18.1 Å². The van der Waals surface area contributed by atoms with Crippen molar-refractivity contribution in [2.75, 3.05) is 12.8 Å². The minimum atomic E-state index is -0.0777. The number of methoxy groups -OCH3 is 1. The highest BCUT2D eigenvalue weighted by molar-refractivity contribution is 5.81. The number of anilines is 1. The maximum atomic E-state index is 5.82. The molecule has 2 aromatic heterocycles. The summed E-state index contributed by atoms with van der Waals surface area (Å²) >= 11 is 0. The number of rotatable bonds is 5. The van der Waals surface area contributed by atoms with Crippen molar-refractivity contribution in [1.82, 2.24) is 19.5 Å². The smallest absolute Gasteiger partial charge is 0.167 e. The largest absolute Gasteiger partial charge is 0.382 e. The van der Waals surface area contributed by atoms with Crippen molar-refractivity contribution in [1.29, 1.82) is 0 Å². The van der Waals surface area contributed by atoms with Crippen LogP contribution in [0.2, 0.25) is 0 Å². The first-order valence-corrected chi connectivity index (χ1v) is 6.90. The van der Waals surface area contributed by atoms with Crippen molar-refractivity contribution in [3.63, 3.8) is 0 Å². The molecule has 20 heavy (non-hydrogen) atoms. The zero-order valence-electron chi connectivity index (χ0n) is 11.6. The molecule has 1 saturated carbocycles. The molecule has 1 unspecified atom stereocenters.